The molecule has 196 valence electrons. The second-order valence-electron chi connectivity index (χ2n) is 7.09. The van der Waals surface area contributed by atoms with Gasteiger partial charge in [0.2, 0.25) is 12.3 Å². The SMILES string of the molecule is CCN(C=O)/C(CO)=N\N(C)c1nc(O[C@@H](C)C(F)(F)F)c(C(=O)Nc2c(F)cccc2Cl)cc1F. The Hall–Kier alpha value is -3.52. The fourth-order valence-electron chi connectivity index (χ4n) is 2.69. The number of amidine groups is 1. The number of amides is 2. The zero-order valence-electron chi connectivity index (χ0n) is 19.1. The number of alkyl halides is 3. The molecule has 0 unspecified atom stereocenters. The van der Waals surface area contributed by atoms with Gasteiger partial charge in [0.05, 0.1) is 10.7 Å². The first-order valence-corrected chi connectivity index (χ1v) is 10.5. The van der Waals surface area contributed by atoms with Crippen LogP contribution in [-0.2, 0) is 4.79 Å². The molecule has 2 aromatic rings. The number of benzene rings is 1. The monoisotopic (exact) mass is 537 g/mol. The third-order valence-electron chi connectivity index (χ3n) is 4.63. The molecule has 2 amide bonds. The standard InChI is InChI=1S/C21H21ClF5N5O4/c1-4-32(10-34)16(9-33)30-31(3)18-15(24)8-12(20(29-18)36-11(2)21(25,26)27)19(35)28-17-13(22)6-5-7-14(17)23/h5-8,10-11,33H,4,9H2,1-3H3,(H,28,35)/b30-16-/t11-/m0/s1. The number of carbonyl (C=O) groups excluding carboxylic acids is 2. The number of anilines is 2. The molecule has 0 spiro atoms. The average Bonchev–Trinajstić information content (AvgIpc) is 2.81. The van der Waals surface area contributed by atoms with Gasteiger partial charge in [-0.15, -0.1) is 0 Å². The molecular weight excluding hydrogens is 517 g/mol. The number of hydrogen-bond donors (Lipinski definition) is 2. The third-order valence-corrected chi connectivity index (χ3v) is 4.95. The molecule has 0 fully saturated rings. The molecular formula is C21H21ClF5N5O4. The van der Waals surface area contributed by atoms with Crippen molar-refractivity contribution in [1.29, 1.82) is 0 Å². The summed E-state index contributed by atoms with van der Waals surface area (Å²) >= 11 is 5.86. The molecule has 0 bridgehead atoms. The second-order valence-corrected chi connectivity index (χ2v) is 7.50. The Kier molecular flexibility index (Phi) is 9.53. The molecule has 0 radical (unpaired) electrons. The van der Waals surface area contributed by atoms with Gasteiger partial charge in [0, 0.05) is 13.6 Å². The van der Waals surface area contributed by atoms with Crippen molar-refractivity contribution in [2.45, 2.75) is 26.1 Å². The van der Waals surface area contributed by atoms with Crippen molar-refractivity contribution >= 4 is 41.3 Å². The molecule has 15 heteroatoms. The van der Waals surface area contributed by atoms with E-state index >= 15 is 0 Å². The molecule has 9 nitrogen and oxygen atoms in total. The maximum Gasteiger partial charge on any atom is 0.425 e. The van der Waals surface area contributed by atoms with Crippen LogP contribution < -0.4 is 15.1 Å². The predicted molar refractivity (Wildman–Crippen MR) is 121 cm³/mol. The maximum absolute atomic E-state index is 15.0. The fraction of sp³-hybridized carbons (Fsp3) is 0.333. The van der Waals surface area contributed by atoms with Gasteiger partial charge in [-0.1, -0.05) is 17.7 Å². The van der Waals surface area contributed by atoms with Crippen LogP contribution in [0.25, 0.3) is 0 Å². The van der Waals surface area contributed by atoms with Crippen LogP contribution in [0.3, 0.4) is 0 Å². The number of ether oxygens (including phenoxy) is 1. The van der Waals surface area contributed by atoms with Crippen LogP contribution in [0.4, 0.5) is 33.5 Å². The maximum atomic E-state index is 15.0. The Morgan fingerprint density at radius 1 is 1.33 bits per heavy atom. The third kappa shape index (κ3) is 6.79. The summed E-state index contributed by atoms with van der Waals surface area (Å²) in [7, 11) is 1.13. The van der Waals surface area contributed by atoms with E-state index in [1.165, 1.54) is 12.1 Å². The summed E-state index contributed by atoms with van der Waals surface area (Å²) in [6.07, 6.45) is -6.99. The van der Waals surface area contributed by atoms with Crippen molar-refractivity contribution in [3.8, 4) is 5.88 Å². The van der Waals surface area contributed by atoms with Gasteiger partial charge in [-0.3, -0.25) is 14.5 Å². The van der Waals surface area contributed by atoms with Gasteiger partial charge in [-0.05, 0) is 32.0 Å². The number of aliphatic hydroxyl groups excluding tert-OH is 1. The van der Waals surface area contributed by atoms with E-state index < -0.39 is 59.4 Å². The number of carbonyl (C=O) groups is 2. The Balaban J connectivity index is 2.58. The Morgan fingerprint density at radius 2 is 2.00 bits per heavy atom. The van der Waals surface area contributed by atoms with Crippen LogP contribution in [0.2, 0.25) is 5.02 Å². The van der Waals surface area contributed by atoms with E-state index in [0.717, 1.165) is 23.0 Å². The Morgan fingerprint density at radius 3 is 2.53 bits per heavy atom. The van der Waals surface area contributed by atoms with Gasteiger partial charge >= 0.3 is 6.18 Å². The van der Waals surface area contributed by atoms with Crippen molar-refractivity contribution in [1.82, 2.24) is 9.88 Å². The van der Waals surface area contributed by atoms with Crippen molar-refractivity contribution in [2.75, 3.05) is 30.5 Å². The molecule has 2 rings (SSSR count). The molecule has 0 saturated carbocycles. The van der Waals surface area contributed by atoms with Crippen LogP contribution in [0.1, 0.15) is 24.2 Å². The number of rotatable bonds is 9. The van der Waals surface area contributed by atoms with Crippen LogP contribution in [0, 0.1) is 11.6 Å². The van der Waals surface area contributed by atoms with Crippen LogP contribution in [0.5, 0.6) is 5.88 Å². The van der Waals surface area contributed by atoms with E-state index in [1.54, 1.807) is 6.92 Å². The quantitative estimate of drug-likeness (QED) is 0.166. The number of halogens is 6. The minimum absolute atomic E-state index is 0.0990. The molecule has 1 aromatic heterocycles. The second kappa shape index (κ2) is 11.9. The largest absolute Gasteiger partial charge is 0.464 e. The first kappa shape index (κ1) is 28.7. The van der Waals surface area contributed by atoms with Crippen LogP contribution in [0.15, 0.2) is 29.4 Å². The molecule has 0 aliphatic heterocycles. The zero-order chi connectivity index (χ0) is 27.2. The summed E-state index contributed by atoms with van der Waals surface area (Å²) in [5.41, 5.74) is -1.29. The van der Waals surface area contributed by atoms with E-state index in [2.05, 4.69) is 15.4 Å². The highest BCUT2D eigenvalue weighted by molar-refractivity contribution is 6.34. The van der Waals surface area contributed by atoms with Gasteiger partial charge in [-0.25, -0.2) is 13.8 Å². The Bertz CT molecular complexity index is 1130. The number of aromatic nitrogens is 1. The summed E-state index contributed by atoms with van der Waals surface area (Å²) in [5, 5.41) is 15.9. The van der Waals surface area contributed by atoms with E-state index in [4.69, 9.17) is 16.3 Å². The van der Waals surface area contributed by atoms with Crippen LogP contribution >= 0.6 is 11.6 Å². The van der Waals surface area contributed by atoms with E-state index in [-0.39, 0.29) is 17.4 Å². The fourth-order valence-corrected chi connectivity index (χ4v) is 2.90. The normalized spacial score (nSPS) is 12.7. The summed E-state index contributed by atoms with van der Waals surface area (Å²) in [6, 6.07) is 3.99. The van der Waals surface area contributed by atoms with Gasteiger partial charge in [0.1, 0.15) is 18.0 Å². The van der Waals surface area contributed by atoms with Gasteiger partial charge < -0.3 is 15.2 Å². The topological polar surface area (TPSA) is 107 Å². The number of aliphatic hydroxyl groups is 1. The number of nitrogens with zero attached hydrogens (tertiary/aromatic N) is 4. The molecule has 1 heterocycles. The molecule has 0 saturated heterocycles. The minimum atomic E-state index is -4.88. The number of pyridine rings is 1. The highest BCUT2D eigenvalue weighted by Crippen LogP contribution is 2.31. The van der Waals surface area contributed by atoms with Crippen molar-refractivity contribution in [3.05, 3.63) is 46.5 Å². The van der Waals surface area contributed by atoms with E-state index in [0.29, 0.717) is 19.4 Å². The lowest BCUT2D eigenvalue weighted by Gasteiger charge is -2.22. The van der Waals surface area contributed by atoms with Gasteiger partial charge in [0.25, 0.3) is 5.91 Å². The summed E-state index contributed by atoms with van der Waals surface area (Å²) in [5.74, 6) is -5.31. The number of hydrogen-bond acceptors (Lipinski definition) is 7. The first-order chi connectivity index (χ1) is 16.8. The average molecular weight is 538 g/mol. The first-order valence-electron chi connectivity index (χ1n) is 10.2. The molecule has 1 aromatic carbocycles. The van der Waals surface area contributed by atoms with Crippen molar-refractivity contribution in [3.63, 3.8) is 0 Å². The Labute approximate surface area is 207 Å². The lowest BCUT2D eigenvalue weighted by Crippen LogP contribution is -2.34. The zero-order valence-corrected chi connectivity index (χ0v) is 19.9. The van der Waals surface area contributed by atoms with Crippen molar-refractivity contribution in [2.24, 2.45) is 5.10 Å². The molecule has 1 atom stereocenters. The van der Waals surface area contributed by atoms with Gasteiger partial charge in [0.15, 0.2) is 23.6 Å². The molecule has 36 heavy (non-hydrogen) atoms. The number of nitrogens with one attached hydrogen (secondary N) is 1. The molecule has 0 aliphatic rings. The number of likely N-dealkylation sites (N-methyl/N-ethyl adjacent to an activating group) is 1. The van der Waals surface area contributed by atoms with Crippen LogP contribution in [-0.4, -0.2) is 65.6 Å². The van der Waals surface area contributed by atoms with Crippen molar-refractivity contribution < 1.29 is 41.4 Å². The highest BCUT2D eigenvalue weighted by atomic mass is 35.5. The smallest absolute Gasteiger partial charge is 0.425 e. The van der Waals surface area contributed by atoms with E-state index in [1.807, 2.05) is 0 Å². The lowest BCUT2D eigenvalue weighted by atomic mass is 10.2. The highest BCUT2D eigenvalue weighted by Gasteiger charge is 2.39. The summed E-state index contributed by atoms with van der Waals surface area (Å²) in [4.78, 5) is 28.6. The van der Waals surface area contributed by atoms with Gasteiger partial charge in [-0.2, -0.15) is 23.3 Å². The summed E-state index contributed by atoms with van der Waals surface area (Å²) < 4.78 is 73.3. The number of hydrazone groups is 1. The number of para-hydroxylation sites is 1. The predicted octanol–water partition coefficient (Wildman–Crippen LogP) is 3.82. The molecule has 0 aliphatic carbocycles. The summed E-state index contributed by atoms with van der Waals surface area (Å²) in [6.45, 7) is 1.56. The van der Waals surface area contributed by atoms with E-state index in [9.17, 15) is 36.6 Å². The lowest BCUT2D eigenvalue weighted by molar-refractivity contribution is -0.190. The molecule has 2 N–H and O–H groups in total. The minimum Gasteiger partial charge on any atom is -0.464 e.